The maximum absolute atomic E-state index is 13.7. The Morgan fingerprint density at radius 2 is 1.03 bits per heavy atom. The van der Waals surface area contributed by atoms with Crippen LogP contribution in [0.25, 0.3) is 37.9 Å². The van der Waals surface area contributed by atoms with Gasteiger partial charge in [0.15, 0.2) is 17.1 Å². The van der Waals surface area contributed by atoms with Crippen molar-refractivity contribution in [3.8, 4) is 6.07 Å². The van der Waals surface area contributed by atoms with Crippen molar-refractivity contribution in [2.45, 2.75) is 12.4 Å². The Morgan fingerprint density at radius 1 is 0.656 bits per heavy atom. The lowest BCUT2D eigenvalue weighted by Crippen LogP contribution is -2.21. The molecule has 0 saturated heterocycles. The van der Waals surface area contributed by atoms with Crippen LogP contribution in [0.4, 0.5) is 40.9 Å². The van der Waals surface area contributed by atoms with E-state index in [1.54, 1.807) is 0 Å². The van der Waals surface area contributed by atoms with Gasteiger partial charge in [0.1, 0.15) is 33.7 Å². The summed E-state index contributed by atoms with van der Waals surface area (Å²) in [5, 5.41) is 9.11. The molecule has 0 radical (unpaired) electrons. The number of nitrogens with zero attached hydrogens (tertiary/aromatic N) is 8. The second-order valence-electron chi connectivity index (χ2n) is 5.93. The third-order valence-electron chi connectivity index (χ3n) is 4.01. The predicted octanol–water partition coefficient (Wildman–Crippen LogP) is 4.25. The fourth-order valence-electron chi connectivity index (χ4n) is 2.80. The van der Waals surface area contributed by atoms with Crippen LogP contribution in [0.5, 0.6) is 0 Å². The predicted molar refractivity (Wildman–Crippen MR) is 86.6 cm³/mol. The standard InChI is InChI=1S/C16F8N8/c1-26-14-3(2-25)27-4-5-6(7-8(9(4)32-14)31-13(18)12(17)30-7)29-11(16(22,23)24)10(28-5)15(19,20)21. The van der Waals surface area contributed by atoms with E-state index in [-0.39, 0.29) is 0 Å². The van der Waals surface area contributed by atoms with Crippen LogP contribution < -0.4 is 0 Å². The third-order valence-corrected chi connectivity index (χ3v) is 4.01. The highest BCUT2D eigenvalue weighted by atomic mass is 19.4. The van der Waals surface area contributed by atoms with Crippen molar-refractivity contribution < 1.29 is 35.1 Å². The minimum absolute atomic E-state index is 0.647. The summed E-state index contributed by atoms with van der Waals surface area (Å²) in [5.74, 6) is -4.38. The zero-order valence-corrected chi connectivity index (χ0v) is 14.6. The molecule has 0 aliphatic carbocycles. The zero-order valence-electron chi connectivity index (χ0n) is 14.6. The van der Waals surface area contributed by atoms with Crippen LogP contribution in [0, 0.1) is 29.8 Å². The summed E-state index contributed by atoms with van der Waals surface area (Å²) in [6.07, 6.45) is -11.3. The summed E-state index contributed by atoms with van der Waals surface area (Å²) in [7, 11) is 0. The maximum Gasteiger partial charge on any atom is 0.435 e. The van der Waals surface area contributed by atoms with Crippen molar-refractivity contribution in [3.05, 3.63) is 40.4 Å². The van der Waals surface area contributed by atoms with E-state index in [4.69, 9.17) is 11.8 Å². The van der Waals surface area contributed by atoms with Gasteiger partial charge in [-0.25, -0.2) is 24.9 Å². The van der Waals surface area contributed by atoms with Gasteiger partial charge in [-0.3, -0.25) is 0 Å². The molecule has 8 nitrogen and oxygen atoms in total. The highest BCUT2D eigenvalue weighted by Crippen LogP contribution is 2.41. The fourth-order valence-corrected chi connectivity index (χ4v) is 2.80. The van der Waals surface area contributed by atoms with Gasteiger partial charge in [-0.15, -0.1) is 4.98 Å². The maximum atomic E-state index is 13.7. The molecule has 4 aromatic rings. The quantitative estimate of drug-likeness (QED) is 0.221. The molecule has 0 fully saturated rings. The Kier molecular flexibility index (Phi) is 4.30. The number of rotatable bonds is 0. The van der Waals surface area contributed by atoms with Crippen LogP contribution in [0.3, 0.4) is 0 Å². The molecule has 0 bridgehead atoms. The van der Waals surface area contributed by atoms with Crippen LogP contribution in [0.2, 0.25) is 0 Å². The van der Waals surface area contributed by atoms with Gasteiger partial charge in [0.25, 0.3) is 11.9 Å². The number of halogens is 8. The molecule has 32 heavy (non-hydrogen) atoms. The molecule has 0 spiro atoms. The molecular formula is C16F8N8. The van der Waals surface area contributed by atoms with E-state index in [0.717, 1.165) is 0 Å². The molecule has 1 aromatic carbocycles. The van der Waals surface area contributed by atoms with Crippen LogP contribution in [0.15, 0.2) is 0 Å². The first-order valence-electron chi connectivity index (χ1n) is 7.87. The molecule has 3 heterocycles. The average Bonchev–Trinajstić information content (AvgIpc) is 2.71. The summed E-state index contributed by atoms with van der Waals surface area (Å²) in [6.45, 7) is 7.02. The van der Waals surface area contributed by atoms with E-state index >= 15 is 0 Å². The Bertz CT molecular complexity index is 1550. The van der Waals surface area contributed by atoms with Crippen molar-refractivity contribution >= 4 is 38.9 Å². The number of nitriles is 1. The highest BCUT2D eigenvalue weighted by molar-refractivity contribution is 6.18. The zero-order chi connectivity index (χ0) is 23.6. The summed E-state index contributed by atoms with van der Waals surface area (Å²) in [6, 6.07) is 1.44. The number of hydrogen-bond donors (Lipinski definition) is 0. The van der Waals surface area contributed by atoms with Crippen LogP contribution in [-0.4, -0.2) is 29.9 Å². The summed E-state index contributed by atoms with van der Waals surface area (Å²) < 4.78 is 107. The molecule has 0 aliphatic rings. The molecule has 0 atom stereocenters. The highest BCUT2D eigenvalue weighted by Gasteiger charge is 2.47. The lowest BCUT2D eigenvalue weighted by Gasteiger charge is -2.15. The molecule has 0 amide bonds. The van der Waals surface area contributed by atoms with Gasteiger partial charge < -0.3 is 4.85 Å². The number of benzene rings is 1. The Morgan fingerprint density at radius 3 is 1.41 bits per heavy atom. The number of alkyl halides is 6. The van der Waals surface area contributed by atoms with Crippen LogP contribution >= 0.6 is 0 Å². The molecule has 0 N–H and O–H groups in total. The Balaban J connectivity index is 2.38. The van der Waals surface area contributed by atoms with Gasteiger partial charge in [0.05, 0.1) is 0 Å². The number of aromatic nitrogens is 6. The number of hydrogen-bond acceptors (Lipinski definition) is 7. The SMILES string of the molecule is [C-]#[N+]c1nc2c3nc(F)c(F)nc3c3nc(C(F)(F)F)c(C(F)(F)F)nc3c2nc1C#N. The molecule has 16 heteroatoms. The largest absolute Gasteiger partial charge is 0.435 e. The molecular weight excluding hydrogens is 456 g/mol. The summed E-state index contributed by atoms with van der Waals surface area (Å²) >= 11 is 0. The first-order chi connectivity index (χ1) is 14.9. The van der Waals surface area contributed by atoms with Gasteiger partial charge in [0, 0.05) is 0 Å². The lowest BCUT2D eigenvalue weighted by atomic mass is 10.1. The minimum Gasteiger partial charge on any atom is -0.358 e. The van der Waals surface area contributed by atoms with E-state index in [1.165, 1.54) is 6.07 Å². The Hall–Kier alpha value is -4.34. The normalized spacial score (nSPS) is 12.3. The van der Waals surface area contributed by atoms with Crippen molar-refractivity contribution in [2.24, 2.45) is 0 Å². The van der Waals surface area contributed by atoms with Crippen molar-refractivity contribution in [3.63, 3.8) is 0 Å². The third kappa shape index (κ3) is 3.04. The molecule has 0 saturated carbocycles. The number of fused-ring (bicyclic) bond motifs is 6. The fraction of sp³-hybridized carbons (Fsp3) is 0.125. The van der Waals surface area contributed by atoms with E-state index in [9.17, 15) is 35.1 Å². The second kappa shape index (κ2) is 6.58. The van der Waals surface area contributed by atoms with E-state index in [1.807, 2.05) is 0 Å². The van der Waals surface area contributed by atoms with Gasteiger partial charge >= 0.3 is 18.2 Å². The first-order valence-corrected chi connectivity index (χ1v) is 7.87. The van der Waals surface area contributed by atoms with Crippen LogP contribution in [-0.2, 0) is 12.4 Å². The topological polar surface area (TPSA) is 105 Å². The summed E-state index contributed by atoms with van der Waals surface area (Å²) in [5.41, 5.74) is -10.7. The van der Waals surface area contributed by atoms with Crippen molar-refractivity contribution in [2.75, 3.05) is 0 Å². The molecule has 160 valence electrons. The average molecular weight is 456 g/mol. The van der Waals surface area contributed by atoms with Crippen molar-refractivity contribution in [1.29, 1.82) is 5.26 Å². The van der Waals surface area contributed by atoms with Gasteiger partial charge in [-0.05, 0) is 0 Å². The van der Waals surface area contributed by atoms with Gasteiger partial charge in [0.2, 0.25) is 5.52 Å². The van der Waals surface area contributed by atoms with Crippen molar-refractivity contribution in [1.82, 2.24) is 29.9 Å². The van der Waals surface area contributed by atoms with Gasteiger partial charge in [-0.2, -0.15) is 40.4 Å². The first kappa shape index (κ1) is 20.9. The molecule has 3 aromatic heterocycles. The molecule has 0 unspecified atom stereocenters. The summed E-state index contributed by atoms with van der Waals surface area (Å²) in [4.78, 5) is 22.4. The smallest absolute Gasteiger partial charge is 0.358 e. The van der Waals surface area contributed by atoms with E-state index < -0.39 is 80.2 Å². The lowest BCUT2D eigenvalue weighted by molar-refractivity contribution is -0.167. The monoisotopic (exact) mass is 456 g/mol. The van der Waals surface area contributed by atoms with E-state index in [2.05, 4.69) is 34.7 Å². The molecule has 4 rings (SSSR count). The van der Waals surface area contributed by atoms with Crippen LogP contribution in [0.1, 0.15) is 17.1 Å². The molecule has 0 aliphatic heterocycles. The second-order valence-corrected chi connectivity index (χ2v) is 5.93. The minimum atomic E-state index is -5.64. The van der Waals surface area contributed by atoms with Gasteiger partial charge in [-0.1, -0.05) is 6.57 Å². The Labute approximate surface area is 169 Å². The van der Waals surface area contributed by atoms with E-state index in [0.29, 0.717) is 0 Å².